The van der Waals surface area contributed by atoms with E-state index < -0.39 is 5.97 Å². The zero-order valence-electron chi connectivity index (χ0n) is 10.9. The number of amides is 1. The summed E-state index contributed by atoms with van der Waals surface area (Å²) in [7, 11) is 0. The third kappa shape index (κ3) is 3.89. The van der Waals surface area contributed by atoms with Crippen LogP contribution in [-0.4, -0.2) is 41.7 Å². The van der Waals surface area contributed by atoms with Crippen molar-refractivity contribution in [3.8, 4) is 0 Å². The number of nitrogens with one attached hydrogen (secondary N) is 1. The highest BCUT2D eigenvalue weighted by Crippen LogP contribution is 2.12. The van der Waals surface area contributed by atoms with Crippen LogP contribution in [0, 0.1) is 5.92 Å². The first-order valence-corrected chi connectivity index (χ1v) is 6.39. The molecule has 1 aromatic rings. The fraction of sp³-hybridized carbons (Fsp3) is 0.357. The van der Waals surface area contributed by atoms with E-state index in [0.717, 1.165) is 19.1 Å². The predicted molar refractivity (Wildman–Crippen MR) is 72.2 cm³/mol. The maximum atomic E-state index is 12.1. The molecule has 6 heteroatoms. The second kappa shape index (κ2) is 6.81. The molecule has 106 valence electrons. The number of hydrogen-bond acceptors (Lipinski definition) is 4. The summed E-state index contributed by atoms with van der Waals surface area (Å²) in [6.07, 6.45) is 4.79. The normalized spacial score (nSPS) is 18.3. The first-order chi connectivity index (χ1) is 9.66. The molecule has 0 bridgehead atoms. The quantitative estimate of drug-likeness (QED) is 0.781. The molecule has 2 N–H and O–H groups in total. The average molecular weight is 276 g/mol. The van der Waals surface area contributed by atoms with Crippen LogP contribution < -0.4 is 5.32 Å². The summed E-state index contributed by atoms with van der Waals surface area (Å²) < 4.78 is 5.24. The average Bonchev–Trinajstić information content (AvgIpc) is 2.96. The lowest BCUT2D eigenvalue weighted by molar-refractivity contribution is -0.131. The Balaban J connectivity index is 2.02. The Bertz CT molecular complexity index is 522. The molecule has 0 radical (unpaired) electrons. The number of aromatic nitrogens is 1. The van der Waals surface area contributed by atoms with Crippen LogP contribution in [0.5, 0.6) is 0 Å². The van der Waals surface area contributed by atoms with Crippen LogP contribution in [0.15, 0.2) is 24.4 Å². The van der Waals surface area contributed by atoms with Gasteiger partial charge in [-0.3, -0.25) is 9.78 Å². The zero-order chi connectivity index (χ0) is 14.4. The van der Waals surface area contributed by atoms with Crippen LogP contribution in [-0.2, 0) is 9.53 Å². The molecule has 1 aromatic heterocycles. The summed E-state index contributed by atoms with van der Waals surface area (Å²) in [6, 6.07) is 3.31. The Kier molecular flexibility index (Phi) is 4.84. The molecule has 1 saturated heterocycles. The van der Waals surface area contributed by atoms with Crippen molar-refractivity contribution in [3.05, 3.63) is 35.7 Å². The Morgan fingerprint density at radius 2 is 2.40 bits per heavy atom. The van der Waals surface area contributed by atoms with Crippen molar-refractivity contribution < 1.29 is 19.4 Å². The van der Waals surface area contributed by atoms with Gasteiger partial charge in [-0.1, -0.05) is 6.07 Å². The topological polar surface area (TPSA) is 88.5 Å². The molecule has 0 aromatic carbocycles. The first kappa shape index (κ1) is 14.2. The van der Waals surface area contributed by atoms with Crippen LogP contribution in [0.1, 0.15) is 22.5 Å². The van der Waals surface area contributed by atoms with E-state index in [1.165, 1.54) is 12.3 Å². The number of carbonyl (C=O) groups is 2. The van der Waals surface area contributed by atoms with E-state index in [2.05, 4.69) is 10.3 Å². The molecule has 1 atom stereocenters. The number of ether oxygens (including phenoxy) is 1. The van der Waals surface area contributed by atoms with E-state index in [1.807, 2.05) is 0 Å². The fourth-order valence-electron chi connectivity index (χ4n) is 1.97. The number of carboxylic acids is 1. The van der Waals surface area contributed by atoms with Gasteiger partial charge in [0.1, 0.15) is 5.69 Å². The number of hydrogen-bond donors (Lipinski definition) is 2. The monoisotopic (exact) mass is 276 g/mol. The van der Waals surface area contributed by atoms with Crippen molar-refractivity contribution in [1.82, 2.24) is 10.3 Å². The van der Waals surface area contributed by atoms with E-state index in [-0.39, 0.29) is 11.6 Å². The highest BCUT2D eigenvalue weighted by atomic mass is 16.5. The number of rotatable bonds is 5. The van der Waals surface area contributed by atoms with Crippen molar-refractivity contribution in [2.45, 2.75) is 6.42 Å². The van der Waals surface area contributed by atoms with Crippen LogP contribution in [0.3, 0.4) is 0 Å². The summed E-state index contributed by atoms with van der Waals surface area (Å²) in [5, 5.41) is 11.4. The minimum Gasteiger partial charge on any atom is -0.478 e. The van der Waals surface area contributed by atoms with Gasteiger partial charge in [-0.05, 0) is 18.6 Å². The Morgan fingerprint density at radius 1 is 1.55 bits per heavy atom. The standard InChI is InChI=1S/C14H16N2O4/c17-12(18)4-3-11-2-1-6-15-13(11)14(19)16-8-10-5-7-20-9-10/h1-4,6,10H,5,7-9H2,(H,16,19)(H,17,18)/b4-3+. The maximum absolute atomic E-state index is 12.1. The largest absolute Gasteiger partial charge is 0.478 e. The van der Waals surface area contributed by atoms with E-state index in [0.29, 0.717) is 24.6 Å². The molecule has 2 heterocycles. The third-order valence-electron chi connectivity index (χ3n) is 3.03. The molecule has 0 saturated carbocycles. The molecule has 2 rings (SSSR count). The lowest BCUT2D eigenvalue weighted by atomic mass is 10.1. The van der Waals surface area contributed by atoms with Crippen LogP contribution >= 0.6 is 0 Å². The van der Waals surface area contributed by atoms with Crippen molar-refractivity contribution in [3.63, 3.8) is 0 Å². The maximum Gasteiger partial charge on any atom is 0.328 e. The minimum atomic E-state index is -1.07. The second-order valence-electron chi connectivity index (χ2n) is 4.55. The van der Waals surface area contributed by atoms with Gasteiger partial charge in [-0.15, -0.1) is 0 Å². The zero-order valence-corrected chi connectivity index (χ0v) is 10.9. The summed E-state index contributed by atoms with van der Waals surface area (Å²) in [5.41, 5.74) is 0.707. The second-order valence-corrected chi connectivity index (χ2v) is 4.55. The van der Waals surface area contributed by atoms with Crippen LogP contribution in [0.2, 0.25) is 0 Å². The van der Waals surface area contributed by atoms with Crippen molar-refractivity contribution in [2.75, 3.05) is 19.8 Å². The molecular formula is C14H16N2O4. The molecule has 1 unspecified atom stereocenters. The number of carboxylic acid groups (broad SMARTS) is 1. The number of carbonyl (C=O) groups excluding carboxylic acids is 1. The van der Waals surface area contributed by atoms with Gasteiger partial charge in [-0.2, -0.15) is 0 Å². The number of pyridine rings is 1. The van der Waals surface area contributed by atoms with E-state index >= 15 is 0 Å². The summed E-state index contributed by atoms with van der Waals surface area (Å²) in [4.78, 5) is 26.6. The first-order valence-electron chi connectivity index (χ1n) is 6.39. The molecule has 0 spiro atoms. The molecule has 20 heavy (non-hydrogen) atoms. The van der Waals surface area contributed by atoms with Crippen molar-refractivity contribution >= 4 is 18.0 Å². The Hall–Kier alpha value is -2.21. The van der Waals surface area contributed by atoms with Gasteiger partial charge >= 0.3 is 5.97 Å². The van der Waals surface area contributed by atoms with E-state index in [1.54, 1.807) is 12.1 Å². The number of nitrogens with zero attached hydrogens (tertiary/aromatic N) is 1. The fourth-order valence-corrected chi connectivity index (χ4v) is 1.97. The lowest BCUT2D eigenvalue weighted by Gasteiger charge is -2.10. The Morgan fingerprint density at radius 3 is 3.10 bits per heavy atom. The summed E-state index contributed by atoms with van der Waals surface area (Å²) >= 11 is 0. The van der Waals surface area contributed by atoms with Gasteiger partial charge in [0, 0.05) is 36.9 Å². The third-order valence-corrected chi connectivity index (χ3v) is 3.03. The van der Waals surface area contributed by atoms with E-state index in [9.17, 15) is 9.59 Å². The molecular weight excluding hydrogens is 260 g/mol. The SMILES string of the molecule is O=C(O)/C=C/c1cccnc1C(=O)NCC1CCOC1. The van der Waals surface area contributed by atoms with Crippen molar-refractivity contribution in [2.24, 2.45) is 5.92 Å². The molecule has 0 aliphatic carbocycles. The molecule has 1 amide bonds. The van der Waals surface area contributed by atoms with Crippen LogP contribution in [0.25, 0.3) is 6.08 Å². The molecule has 1 fully saturated rings. The predicted octanol–water partition coefficient (Wildman–Crippen LogP) is 0.946. The molecule has 6 nitrogen and oxygen atoms in total. The van der Waals surface area contributed by atoms with Crippen LogP contribution in [0.4, 0.5) is 0 Å². The van der Waals surface area contributed by atoms with Crippen molar-refractivity contribution in [1.29, 1.82) is 0 Å². The highest BCUT2D eigenvalue weighted by molar-refractivity contribution is 5.97. The molecule has 1 aliphatic rings. The van der Waals surface area contributed by atoms with Gasteiger partial charge in [0.15, 0.2) is 0 Å². The van der Waals surface area contributed by atoms with Gasteiger partial charge < -0.3 is 15.2 Å². The highest BCUT2D eigenvalue weighted by Gasteiger charge is 2.18. The smallest absolute Gasteiger partial charge is 0.328 e. The van der Waals surface area contributed by atoms with Gasteiger partial charge in [0.05, 0.1) is 6.61 Å². The van der Waals surface area contributed by atoms with Gasteiger partial charge in [-0.25, -0.2) is 4.79 Å². The Labute approximate surface area is 116 Å². The van der Waals surface area contributed by atoms with Gasteiger partial charge in [0.2, 0.25) is 0 Å². The minimum absolute atomic E-state index is 0.226. The van der Waals surface area contributed by atoms with E-state index in [4.69, 9.17) is 9.84 Å². The molecule has 1 aliphatic heterocycles. The van der Waals surface area contributed by atoms with Gasteiger partial charge in [0.25, 0.3) is 5.91 Å². The lowest BCUT2D eigenvalue weighted by Crippen LogP contribution is -2.30. The summed E-state index contributed by atoms with van der Waals surface area (Å²) in [6.45, 7) is 1.93. The summed E-state index contributed by atoms with van der Waals surface area (Å²) in [5.74, 6) is -1.04. The number of aliphatic carboxylic acids is 1.